The molecular weight excluding hydrogens is 156 g/mol. The maximum absolute atomic E-state index is 11.2. The van der Waals surface area contributed by atoms with Gasteiger partial charge in [-0.25, -0.2) is 0 Å². The molecule has 0 saturated heterocycles. The van der Waals surface area contributed by atoms with E-state index in [9.17, 15) is 9.59 Å². The highest BCUT2D eigenvalue weighted by atomic mass is 16.2. The van der Waals surface area contributed by atoms with E-state index in [0.29, 0.717) is 5.92 Å². The highest BCUT2D eigenvalue weighted by Crippen LogP contribution is 2.36. The monoisotopic (exact) mass is 170 g/mol. The number of amides is 2. The Labute approximate surface area is 71.7 Å². The predicted molar refractivity (Wildman–Crippen MR) is 43.8 cm³/mol. The second kappa shape index (κ2) is 3.56. The molecule has 2 N–H and O–H groups in total. The molecule has 0 spiro atoms. The predicted octanol–water partition coefficient (Wildman–Crippen LogP) is 0.200. The Morgan fingerprint density at radius 1 is 1.33 bits per heavy atom. The minimum absolute atomic E-state index is 0.0249. The first kappa shape index (κ1) is 9.03. The topological polar surface area (TPSA) is 58.2 Å². The summed E-state index contributed by atoms with van der Waals surface area (Å²) < 4.78 is 0. The van der Waals surface area contributed by atoms with E-state index in [1.165, 1.54) is 6.92 Å². The smallest absolute Gasteiger partial charge is 0.241 e. The maximum atomic E-state index is 11.2. The van der Waals surface area contributed by atoms with Crippen molar-refractivity contribution >= 4 is 11.8 Å². The van der Waals surface area contributed by atoms with Gasteiger partial charge in [-0.1, -0.05) is 6.92 Å². The van der Waals surface area contributed by atoms with Gasteiger partial charge in [0.1, 0.15) is 0 Å². The molecule has 0 aliphatic heterocycles. The van der Waals surface area contributed by atoms with Crippen LogP contribution in [0.15, 0.2) is 0 Å². The molecule has 0 bridgehead atoms. The third-order valence-electron chi connectivity index (χ3n) is 2.10. The van der Waals surface area contributed by atoms with Crippen LogP contribution in [-0.2, 0) is 9.59 Å². The minimum atomic E-state index is -0.244. The van der Waals surface area contributed by atoms with Crippen LogP contribution in [0.1, 0.15) is 26.7 Å². The molecule has 1 saturated carbocycles. The van der Waals surface area contributed by atoms with Crippen molar-refractivity contribution in [1.82, 2.24) is 10.9 Å². The van der Waals surface area contributed by atoms with Crippen LogP contribution < -0.4 is 10.9 Å². The third-order valence-corrected chi connectivity index (χ3v) is 2.10. The van der Waals surface area contributed by atoms with Crippen LogP contribution >= 0.6 is 0 Å². The second-order valence-corrected chi connectivity index (χ2v) is 3.30. The number of rotatable bonds is 2. The maximum Gasteiger partial charge on any atom is 0.241 e. The van der Waals surface area contributed by atoms with Crippen LogP contribution in [0.5, 0.6) is 0 Å². The third kappa shape index (κ3) is 2.53. The summed E-state index contributed by atoms with van der Waals surface area (Å²) in [6, 6.07) is 0. The van der Waals surface area contributed by atoms with E-state index in [1.54, 1.807) is 0 Å². The Hall–Kier alpha value is -1.06. The van der Waals surface area contributed by atoms with Crippen molar-refractivity contribution in [3.05, 3.63) is 0 Å². The molecule has 4 nitrogen and oxygen atoms in total. The van der Waals surface area contributed by atoms with Crippen LogP contribution in [0.3, 0.4) is 0 Å². The van der Waals surface area contributed by atoms with Crippen LogP contribution in [-0.4, -0.2) is 11.8 Å². The fraction of sp³-hybridized carbons (Fsp3) is 0.750. The summed E-state index contributed by atoms with van der Waals surface area (Å²) in [5, 5.41) is 0. The second-order valence-electron chi connectivity index (χ2n) is 3.30. The number of hydrogen-bond donors (Lipinski definition) is 2. The molecule has 0 aromatic rings. The van der Waals surface area contributed by atoms with Gasteiger partial charge in [0.05, 0.1) is 0 Å². The lowest BCUT2D eigenvalue weighted by molar-refractivity contribution is -0.130. The lowest BCUT2D eigenvalue weighted by Gasteiger charge is -2.10. The first-order valence-electron chi connectivity index (χ1n) is 4.17. The van der Waals surface area contributed by atoms with Crippen LogP contribution in [0.4, 0.5) is 0 Å². The van der Waals surface area contributed by atoms with Gasteiger partial charge in [-0.05, 0) is 18.8 Å². The van der Waals surface area contributed by atoms with Crippen molar-refractivity contribution in [3.8, 4) is 0 Å². The minimum Gasteiger partial charge on any atom is -0.274 e. The Morgan fingerprint density at radius 3 is 2.33 bits per heavy atom. The standard InChI is InChI=1S/C8H14N2O2/c1-5(7-3-4-7)8(12)10-9-6(2)11/h5,7H,3-4H2,1-2H3,(H,9,11)(H,10,12). The van der Waals surface area contributed by atoms with E-state index < -0.39 is 0 Å². The number of nitrogens with one attached hydrogen (secondary N) is 2. The lowest BCUT2D eigenvalue weighted by atomic mass is 10.1. The molecule has 0 radical (unpaired) electrons. The normalized spacial score (nSPS) is 18.2. The van der Waals surface area contributed by atoms with E-state index in [-0.39, 0.29) is 17.7 Å². The molecular formula is C8H14N2O2. The van der Waals surface area contributed by atoms with Crippen molar-refractivity contribution in [3.63, 3.8) is 0 Å². The van der Waals surface area contributed by atoms with Gasteiger partial charge in [-0.3, -0.25) is 20.4 Å². The molecule has 1 unspecified atom stereocenters. The molecule has 1 fully saturated rings. The zero-order valence-corrected chi connectivity index (χ0v) is 7.39. The highest BCUT2D eigenvalue weighted by molar-refractivity contribution is 5.82. The van der Waals surface area contributed by atoms with Gasteiger partial charge >= 0.3 is 0 Å². The summed E-state index contributed by atoms with van der Waals surface area (Å²) in [7, 11) is 0. The molecule has 0 heterocycles. The van der Waals surface area contributed by atoms with E-state index in [0.717, 1.165) is 12.8 Å². The summed E-state index contributed by atoms with van der Waals surface area (Å²) in [4.78, 5) is 21.6. The van der Waals surface area contributed by atoms with Gasteiger partial charge in [0.25, 0.3) is 0 Å². The molecule has 1 aliphatic rings. The molecule has 68 valence electrons. The van der Waals surface area contributed by atoms with Crippen molar-refractivity contribution in [1.29, 1.82) is 0 Å². The summed E-state index contributed by atoms with van der Waals surface area (Å²) in [5.41, 5.74) is 4.64. The van der Waals surface area contributed by atoms with Crippen LogP contribution in [0, 0.1) is 11.8 Å². The lowest BCUT2D eigenvalue weighted by Crippen LogP contribution is -2.43. The summed E-state index contributed by atoms with van der Waals surface area (Å²) in [6.07, 6.45) is 2.27. The number of hydrogen-bond acceptors (Lipinski definition) is 2. The van der Waals surface area contributed by atoms with E-state index in [4.69, 9.17) is 0 Å². The Morgan fingerprint density at radius 2 is 1.92 bits per heavy atom. The average Bonchev–Trinajstić information content (AvgIpc) is 2.80. The van der Waals surface area contributed by atoms with E-state index in [1.807, 2.05) is 6.92 Å². The molecule has 12 heavy (non-hydrogen) atoms. The largest absolute Gasteiger partial charge is 0.274 e. The highest BCUT2D eigenvalue weighted by Gasteiger charge is 2.32. The van der Waals surface area contributed by atoms with Crippen LogP contribution in [0.2, 0.25) is 0 Å². The number of carbonyl (C=O) groups is 2. The summed E-state index contributed by atoms with van der Waals surface area (Å²) in [5.74, 6) is 0.217. The molecule has 1 rings (SSSR count). The van der Waals surface area contributed by atoms with Gasteiger partial charge < -0.3 is 0 Å². The molecule has 1 atom stereocenters. The SMILES string of the molecule is CC(=O)NNC(=O)C(C)C1CC1. The average molecular weight is 170 g/mol. The van der Waals surface area contributed by atoms with Crippen molar-refractivity contribution in [2.75, 3.05) is 0 Å². The van der Waals surface area contributed by atoms with Crippen molar-refractivity contribution < 1.29 is 9.59 Å². The van der Waals surface area contributed by atoms with Crippen molar-refractivity contribution in [2.24, 2.45) is 11.8 Å². The van der Waals surface area contributed by atoms with Gasteiger partial charge in [0, 0.05) is 12.8 Å². The van der Waals surface area contributed by atoms with Gasteiger partial charge in [-0.2, -0.15) is 0 Å². The van der Waals surface area contributed by atoms with Crippen molar-refractivity contribution in [2.45, 2.75) is 26.7 Å². The molecule has 1 aliphatic carbocycles. The fourth-order valence-electron chi connectivity index (χ4n) is 1.07. The quantitative estimate of drug-likeness (QED) is 0.582. The molecule has 2 amide bonds. The zero-order chi connectivity index (χ0) is 9.14. The Bertz CT molecular complexity index is 199. The first-order chi connectivity index (χ1) is 5.61. The number of carbonyl (C=O) groups excluding carboxylic acids is 2. The van der Waals surface area contributed by atoms with Gasteiger partial charge in [-0.15, -0.1) is 0 Å². The Balaban J connectivity index is 2.22. The number of hydrazine groups is 1. The zero-order valence-electron chi connectivity index (χ0n) is 7.39. The van der Waals surface area contributed by atoms with Gasteiger partial charge in [0.15, 0.2) is 0 Å². The van der Waals surface area contributed by atoms with E-state index >= 15 is 0 Å². The molecule has 0 aromatic heterocycles. The Kier molecular flexibility index (Phi) is 2.68. The fourth-order valence-corrected chi connectivity index (χ4v) is 1.07. The molecule has 4 heteroatoms. The van der Waals surface area contributed by atoms with Gasteiger partial charge in [0.2, 0.25) is 11.8 Å². The van der Waals surface area contributed by atoms with E-state index in [2.05, 4.69) is 10.9 Å². The first-order valence-corrected chi connectivity index (χ1v) is 4.17. The van der Waals surface area contributed by atoms with Crippen LogP contribution in [0.25, 0.3) is 0 Å². The summed E-state index contributed by atoms with van der Waals surface area (Å²) in [6.45, 7) is 3.25. The summed E-state index contributed by atoms with van der Waals surface area (Å²) >= 11 is 0. The molecule has 0 aromatic carbocycles.